The Labute approximate surface area is 330 Å². The molecule has 0 spiro atoms. The van der Waals surface area contributed by atoms with Crippen molar-refractivity contribution in [2.75, 3.05) is 46.6 Å². The molecule has 2 aliphatic heterocycles. The first kappa shape index (κ1) is 43.9. The zero-order valence-electron chi connectivity index (χ0n) is 31.5. The predicted octanol–water partition coefficient (Wildman–Crippen LogP) is 8.74. The lowest BCUT2D eigenvalue weighted by Crippen LogP contribution is -2.68. The smallest absolute Gasteiger partial charge is 0.425 e. The first-order chi connectivity index (χ1) is 27.0. The number of ether oxygens (including phenoxy) is 2. The molecule has 5 rings (SSSR count). The molecule has 2 aliphatic rings. The van der Waals surface area contributed by atoms with Gasteiger partial charge in [-0.3, -0.25) is 19.1 Å². The third kappa shape index (κ3) is 9.43. The zero-order valence-corrected chi connectivity index (χ0v) is 33.2. The van der Waals surface area contributed by atoms with E-state index in [0.717, 1.165) is 28.7 Å². The molecule has 57 heavy (non-hydrogen) atoms. The van der Waals surface area contributed by atoms with Crippen molar-refractivity contribution in [3.05, 3.63) is 75.7 Å². The average Bonchev–Trinajstić information content (AvgIpc) is 3.69. The standard InChI is InChI=1S/C38H43F6N4O7PS/c1-4-9-31-36(55-26-22-32(57-24-26)38(42,43)44,13-7-17-48(31)33(49)27-23-46-16-12-28(27)37(39,40)41)34(50)47-18-14-35(25-45,15-19-47)29-10-5-6-11-30(29)54-20-8-21-56(51,52-2)53-3/h5-6,10-12,16,22-24,31H,4,7-9,13-15,17-21H2,1-3H3/t31-,36-/m1/s1. The maximum Gasteiger partial charge on any atom is 0.425 e. The first-order valence-corrected chi connectivity index (χ1v) is 20.9. The number of para-hydroxylation sites is 1. The van der Waals surface area contributed by atoms with Crippen molar-refractivity contribution in [2.24, 2.45) is 0 Å². The van der Waals surface area contributed by atoms with Gasteiger partial charge in [-0.2, -0.15) is 31.6 Å². The summed E-state index contributed by atoms with van der Waals surface area (Å²) in [5.41, 5.74) is -4.50. The number of carbonyl (C=O) groups excluding carboxylic acids is 2. The van der Waals surface area contributed by atoms with Crippen molar-refractivity contribution in [3.8, 4) is 17.6 Å². The number of benzene rings is 1. The lowest BCUT2D eigenvalue weighted by molar-refractivity contribution is -0.160. The summed E-state index contributed by atoms with van der Waals surface area (Å²) in [6.45, 7) is 1.84. The van der Waals surface area contributed by atoms with Gasteiger partial charge in [-0.25, -0.2) is 0 Å². The number of halogens is 6. The highest BCUT2D eigenvalue weighted by atomic mass is 32.1. The van der Waals surface area contributed by atoms with Gasteiger partial charge >= 0.3 is 19.9 Å². The number of aromatic nitrogens is 1. The molecule has 2 fully saturated rings. The van der Waals surface area contributed by atoms with Crippen LogP contribution in [0.1, 0.15) is 78.2 Å². The monoisotopic (exact) mass is 844 g/mol. The second-order valence-corrected chi connectivity index (χ2v) is 17.2. The SMILES string of the molecule is CCC[C@H]1N(C(=O)c2cnccc2C(F)(F)F)CCC[C@]1(Oc1csc(C(F)(F)F)c1)C(=O)N1CCC(C#N)(c2ccccc2OCCCP(=O)(OC)OC)CC1. The number of piperidine rings is 2. The largest absolute Gasteiger partial charge is 0.493 e. The van der Waals surface area contributed by atoms with Crippen LogP contribution in [0.4, 0.5) is 26.3 Å². The highest BCUT2D eigenvalue weighted by Crippen LogP contribution is 2.48. The molecule has 3 aromatic rings. The fourth-order valence-corrected chi connectivity index (χ4v) is 9.30. The lowest BCUT2D eigenvalue weighted by Gasteiger charge is -2.51. The van der Waals surface area contributed by atoms with E-state index >= 15 is 4.79 Å². The molecule has 310 valence electrons. The summed E-state index contributed by atoms with van der Waals surface area (Å²) >= 11 is 0.363. The molecule has 0 unspecified atom stereocenters. The molecule has 2 amide bonds. The predicted molar refractivity (Wildman–Crippen MR) is 197 cm³/mol. The summed E-state index contributed by atoms with van der Waals surface area (Å²) in [5, 5.41) is 11.7. The van der Waals surface area contributed by atoms with E-state index in [4.69, 9.17) is 18.5 Å². The van der Waals surface area contributed by atoms with E-state index in [2.05, 4.69) is 11.1 Å². The summed E-state index contributed by atoms with van der Waals surface area (Å²) in [5.74, 6) is -1.55. The molecule has 4 heterocycles. The molecule has 1 aromatic carbocycles. The highest BCUT2D eigenvalue weighted by molar-refractivity contribution is 7.53. The Hall–Kier alpha value is -4.17. The van der Waals surface area contributed by atoms with Gasteiger partial charge in [0.15, 0.2) is 0 Å². The molecule has 0 N–H and O–H groups in total. The normalized spacial score (nSPS) is 20.2. The summed E-state index contributed by atoms with van der Waals surface area (Å²) in [6.07, 6.45) is -6.78. The number of hydrogen-bond donors (Lipinski definition) is 0. The van der Waals surface area contributed by atoms with E-state index in [1.54, 1.807) is 31.2 Å². The van der Waals surface area contributed by atoms with Gasteiger partial charge in [-0.15, -0.1) is 11.3 Å². The number of likely N-dealkylation sites (tertiary alicyclic amines) is 2. The zero-order chi connectivity index (χ0) is 41.6. The van der Waals surface area contributed by atoms with Crippen LogP contribution in [0, 0.1) is 11.3 Å². The number of amides is 2. The van der Waals surface area contributed by atoms with Crippen molar-refractivity contribution < 1.29 is 59.0 Å². The van der Waals surface area contributed by atoms with Gasteiger partial charge in [0.05, 0.1) is 41.4 Å². The van der Waals surface area contributed by atoms with Crippen molar-refractivity contribution >= 4 is 30.7 Å². The minimum atomic E-state index is -4.90. The third-order valence-corrected chi connectivity index (χ3v) is 13.4. The molecule has 11 nitrogen and oxygen atoms in total. The summed E-state index contributed by atoms with van der Waals surface area (Å²) in [4.78, 5) is 34.5. The van der Waals surface area contributed by atoms with Gasteiger partial charge in [-0.1, -0.05) is 31.5 Å². The molecular formula is C38H43F6N4O7PS. The number of nitrogens with zero attached hydrogens (tertiary/aromatic N) is 4. The van der Waals surface area contributed by atoms with Crippen molar-refractivity contribution in [3.63, 3.8) is 0 Å². The van der Waals surface area contributed by atoms with Crippen LogP contribution in [0.15, 0.2) is 54.2 Å². The maximum absolute atomic E-state index is 15.0. The maximum atomic E-state index is 15.0. The van der Waals surface area contributed by atoms with Crippen LogP contribution in [0.3, 0.4) is 0 Å². The lowest BCUT2D eigenvalue weighted by atomic mass is 9.72. The minimum Gasteiger partial charge on any atom is -0.493 e. The summed E-state index contributed by atoms with van der Waals surface area (Å²) < 4.78 is 118. The fourth-order valence-electron chi connectivity index (χ4n) is 7.59. The van der Waals surface area contributed by atoms with Gasteiger partial charge in [-0.05, 0) is 44.2 Å². The number of rotatable bonds is 14. The van der Waals surface area contributed by atoms with Crippen LogP contribution < -0.4 is 9.47 Å². The highest BCUT2D eigenvalue weighted by Gasteiger charge is 2.57. The Balaban J connectivity index is 1.47. The van der Waals surface area contributed by atoms with Crippen molar-refractivity contribution in [2.45, 2.75) is 81.3 Å². The van der Waals surface area contributed by atoms with E-state index in [-0.39, 0.29) is 70.3 Å². The van der Waals surface area contributed by atoms with Crippen molar-refractivity contribution in [1.29, 1.82) is 5.26 Å². The second kappa shape index (κ2) is 17.8. The molecule has 0 saturated carbocycles. The topological polar surface area (TPSA) is 131 Å². The molecule has 0 aliphatic carbocycles. The fraction of sp³-hybridized carbons (Fsp3) is 0.526. The number of alkyl halides is 6. The Morgan fingerprint density at radius 1 is 1.04 bits per heavy atom. The molecule has 0 radical (unpaired) electrons. The van der Waals surface area contributed by atoms with Crippen LogP contribution in [0.25, 0.3) is 0 Å². The number of pyridine rings is 1. The van der Waals surface area contributed by atoms with E-state index in [1.165, 1.54) is 19.1 Å². The molecule has 2 atom stereocenters. The van der Waals surface area contributed by atoms with E-state index in [9.17, 15) is 41.0 Å². The van der Waals surface area contributed by atoms with Crippen LogP contribution >= 0.6 is 18.9 Å². The third-order valence-electron chi connectivity index (χ3n) is 10.5. The number of nitriles is 1. The van der Waals surface area contributed by atoms with Crippen LogP contribution in [-0.4, -0.2) is 84.9 Å². The average molecular weight is 845 g/mol. The van der Waals surface area contributed by atoms with Gasteiger partial charge in [0.2, 0.25) is 5.60 Å². The Morgan fingerprint density at radius 2 is 1.74 bits per heavy atom. The van der Waals surface area contributed by atoms with Crippen LogP contribution in [0.5, 0.6) is 11.5 Å². The Bertz CT molecular complexity index is 1970. The number of thiophene rings is 1. The van der Waals surface area contributed by atoms with Crippen LogP contribution in [0.2, 0.25) is 0 Å². The molecule has 0 bridgehead atoms. The Kier molecular flexibility index (Phi) is 13.7. The quantitative estimate of drug-likeness (QED) is 0.0888. The molecule has 19 heteroatoms. The summed E-state index contributed by atoms with van der Waals surface area (Å²) in [7, 11) is -0.687. The number of carbonyl (C=O) groups is 2. The molecule has 2 saturated heterocycles. The first-order valence-electron chi connectivity index (χ1n) is 18.3. The van der Waals surface area contributed by atoms with E-state index in [1.807, 2.05) is 0 Å². The van der Waals surface area contributed by atoms with Gasteiger partial charge in [0.1, 0.15) is 16.4 Å². The second-order valence-electron chi connectivity index (χ2n) is 13.8. The van der Waals surface area contributed by atoms with Crippen molar-refractivity contribution in [1.82, 2.24) is 14.8 Å². The molecular weight excluding hydrogens is 801 g/mol. The summed E-state index contributed by atoms with van der Waals surface area (Å²) in [6, 6.07) is 9.61. The van der Waals surface area contributed by atoms with Gasteiger partial charge in [0.25, 0.3) is 11.8 Å². The van der Waals surface area contributed by atoms with E-state index < -0.39 is 64.8 Å². The van der Waals surface area contributed by atoms with E-state index in [0.29, 0.717) is 41.6 Å². The molecule has 2 aromatic heterocycles. The number of hydrogen-bond acceptors (Lipinski definition) is 10. The van der Waals surface area contributed by atoms with Gasteiger partial charge < -0.3 is 28.3 Å². The Morgan fingerprint density at radius 3 is 2.35 bits per heavy atom. The van der Waals surface area contributed by atoms with Crippen LogP contribution in [-0.2, 0) is 36.2 Å². The van der Waals surface area contributed by atoms with Gasteiger partial charge in [0, 0.05) is 69.7 Å². The minimum absolute atomic E-state index is 0.00174.